The molecule has 1 amide bonds. The molecule has 3 aromatic carbocycles. The van der Waals surface area contributed by atoms with E-state index in [9.17, 15) is 4.79 Å². The van der Waals surface area contributed by atoms with Crippen molar-refractivity contribution in [2.45, 2.75) is 26.2 Å². The van der Waals surface area contributed by atoms with Crippen molar-refractivity contribution >= 4 is 12.0 Å². The first-order chi connectivity index (χ1) is 13.1. The van der Waals surface area contributed by atoms with Crippen molar-refractivity contribution in [2.75, 3.05) is 0 Å². The highest BCUT2D eigenvalue weighted by Crippen LogP contribution is 2.39. The number of benzene rings is 3. The summed E-state index contributed by atoms with van der Waals surface area (Å²) in [6, 6.07) is 23.4. The first-order valence-electron chi connectivity index (χ1n) is 9.42. The average molecular weight is 353 g/mol. The van der Waals surface area contributed by atoms with Gasteiger partial charge in [-0.15, -0.1) is 0 Å². The van der Waals surface area contributed by atoms with Crippen molar-refractivity contribution in [1.29, 1.82) is 0 Å². The Balaban J connectivity index is 2.02. The van der Waals surface area contributed by atoms with Crippen molar-refractivity contribution in [3.8, 4) is 22.3 Å². The molecule has 0 saturated carbocycles. The second-order valence-electron chi connectivity index (χ2n) is 7.18. The van der Waals surface area contributed by atoms with Gasteiger partial charge < -0.3 is 5.73 Å². The van der Waals surface area contributed by atoms with Crippen LogP contribution >= 0.6 is 0 Å². The van der Waals surface area contributed by atoms with E-state index < -0.39 is 0 Å². The van der Waals surface area contributed by atoms with E-state index in [-0.39, 0.29) is 5.91 Å². The Morgan fingerprint density at radius 3 is 2.30 bits per heavy atom. The highest BCUT2D eigenvalue weighted by atomic mass is 16.1. The van der Waals surface area contributed by atoms with Gasteiger partial charge in [-0.05, 0) is 65.6 Å². The predicted molar refractivity (Wildman–Crippen MR) is 112 cm³/mol. The lowest BCUT2D eigenvalue weighted by Gasteiger charge is -2.17. The summed E-state index contributed by atoms with van der Waals surface area (Å²) >= 11 is 0. The minimum atomic E-state index is -0.317. The number of primary amides is 1. The molecular weight excluding hydrogens is 330 g/mol. The Bertz CT molecular complexity index is 1010. The van der Waals surface area contributed by atoms with Crippen LogP contribution in [0.15, 0.2) is 72.3 Å². The summed E-state index contributed by atoms with van der Waals surface area (Å²) in [7, 11) is 0. The molecule has 3 aromatic rings. The Kier molecular flexibility index (Phi) is 4.64. The van der Waals surface area contributed by atoms with E-state index in [0.29, 0.717) is 5.57 Å². The molecule has 0 aliphatic heterocycles. The molecular formula is C25H23NO. The van der Waals surface area contributed by atoms with Crippen molar-refractivity contribution in [1.82, 2.24) is 0 Å². The molecule has 0 heterocycles. The van der Waals surface area contributed by atoms with Crippen LogP contribution in [-0.2, 0) is 11.2 Å². The van der Waals surface area contributed by atoms with Crippen LogP contribution in [-0.4, -0.2) is 5.91 Å². The molecule has 4 rings (SSSR count). The molecule has 0 bridgehead atoms. The van der Waals surface area contributed by atoms with Gasteiger partial charge in [0.25, 0.3) is 0 Å². The van der Waals surface area contributed by atoms with Gasteiger partial charge in [-0.25, -0.2) is 0 Å². The first kappa shape index (κ1) is 17.3. The van der Waals surface area contributed by atoms with E-state index in [2.05, 4.69) is 67.6 Å². The molecule has 0 saturated heterocycles. The van der Waals surface area contributed by atoms with E-state index in [4.69, 9.17) is 5.73 Å². The van der Waals surface area contributed by atoms with Crippen LogP contribution in [0.4, 0.5) is 0 Å². The third kappa shape index (κ3) is 3.43. The monoisotopic (exact) mass is 353 g/mol. The SMILES string of the molecule is Cc1ccc(-c2ccc3c(c2-c2ccccc2)C=C(C(N)=O)CCC3)cc1. The summed E-state index contributed by atoms with van der Waals surface area (Å²) in [6.45, 7) is 2.10. The zero-order valence-corrected chi connectivity index (χ0v) is 15.5. The maximum absolute atomic E-state index is 11.9. The molecule has 0 radical (unpaired) electrons. The Labute approximate surface area is 160 Å². The van der Waals surface area contributed by atoms with Gasteiger partial charge in [-0.2, -0.15) is 0 Å². The van der Waals surface area contributed by atoms with E-state index in [1.54, 1.807) is 0 Å². The van der Waals surface area contributed by atoms with Gasteiger partial charge in [-0.1, -0.05) is 72.3 Å². The predicted octanol–water partition coefficient (Wildman–Crippen LogP) is 5.53. The second-order valence-corrected chi connectivity index (χ2v) is 7.18. The molecule has 0 fully saturated rings. The Morgan fingerprint density at radius 2 is 1.59 bits per heavy atom. The summed E-state index contributed by atoms with van der Waals surface area (Å²) in [5.74, 6) is -0.317. The number of fused-ring (bicyclic) bond motifs is 1. The lowest BCUT2D eigenvalue weighted by Crippen LogP contribution is -2.13. The Hall–Kier alpha value is -3.13. The van der Waals surface area contributed by atoms with Gasteiger partial charge in [-0.3, -0.25) is 4.79 Å². The summed E-state index contributed by atoms with van der Waals surface area (Å²) in [5, 5.41) is 0. The topological polar surface area (TPSA) is 43.1 Å². The number of aryl methyl sites for hydroxylation is 2. The molecule has 1 aliphatic carbocycles. The largest absolute Gasteiger partial charge is 0.366 e. The number of hydrogen-bond acceptors (Lipinski definition) is 1. The molecule has 0 aromatic heterocycles. The standard InChI is InChI=1S/C25H23NO/c1-17-10-12-19(13-11-17)22-15-14-18-8-5-9-21(25(26)27)16-23(18)24(22)20-6-3-2-4-7-20/h2-4,6-7,10-16H,5,8-9H2,1H3,(H2,26,27). The molecule has 2 N–H and O–H groups in total. The van der Waals surface area contributed by atoms with E-state index in [0.717, 1.165) is 30.4 Å². The lowest BCUT2D eigenvalue weighted by atomic mass is 9.86. The van der Waals surface area contributed by atoms with Crippen LogP contribution in [0.2, 0.25) is 0 Å². The highest BCUT2D eigenvalue weighted by Gasteiger charge is 2.19. The fraction of sp³-hybridized carbons (Fsp3) is 0.160. The third-order valence-corrected chi connectivity index (χ3v) is 5.29. The molecule has 2 nitrogen and oxygen atoms in total. The quantitative estimate of drug-likeness (QED) is 0.660. The summed E-state index contributed by atoms with van der Waals surface area (Å²) < 4.78 is 0. The number of nitrogens with two attached hydrogens (primary N) is 1. The normalized spacial score (nSPS) is 13.4. The molecule has 1 aliphatic rings. The number of carbonyl (C=O) groups excluding carboxylic acids is 1. The van der Waals surface area contributed by atoms with Crippen LogP contribution in [0.5, 0.6) is 0 Å². The van der Waals surface area contributed by atoms with Gasteiger partial charge in [0.15, 0.2) is 0 Å². The number of carbonyl (C=O) groups is 1. The minimum absolute atomic E-state index is 0.317. The molecule has 27 heavy (non-hydrogen) atoms. The first-order valence-corrected chi connectivity index (χ1v) is 9.42. The Morgan fingerprint density at radius 1 is 0.852 bits per heavy atom. The van der Waals surface area contributed by atoms with Crippen molar-refractivity contribution in [3.63, 3.8) is 0 Å². The molecule has 2 heteroatoms. The van der Waals surface area contributed by atoms with Gasteiger partial charge in [0.05, 0.1) is 0 Å². The summed E-state index contributed by atoms with van der Waals surface area (Å²) in [4.78, 5) is 11.9. The van der Waals surface area contributed by atoms with Crippen LogP contribution < -0.4 is 5.73 Å². The summed E-state index contributed by atoms with van der Waals surface area (Å²) in [6.07, 6.45) is 4.65. The van der Waals surface area contributed by atoms with Crippen LogP contribution in [0.25, 0.3) is 28.3 Å². The lowest BCUT2D eigenvalue weighted by molar-refractivity contribution is -0.114. The number of hydrogen-bond donors (Lipinski definition) is 1. The minimum Gasteiger partial charge on any atom is -0.366 e. The van der Waals surface area contributed by atoms with Gasteiger partial charge in [0, 0.05) is 5.57 Å². The van der Waals surface area contributed by atoms with E-state index in [1.165, 1.54) is 27.8 Å². The van der Waals surface area contributed by atoms with Crippen molar-refractivity contribution in [2.24, 2.45) is 5.73 Å². The maximum Gasteiger partial charge on any atom is 0.244 e. The maximum atomic E-state index is 11.9. The van der Waals surface area contributed by atoms with Crippen LogP contribution in [0.3, 0.4) is 0 Å². The highest BCUT2D eigenvalue weighted by molar-refractivity contribution is 6.00. The third-order valence-electron chi connectivity index (χ3n) is 5.29. The van der Waals surface area contributed by atoms with Crippen molar-refractivity contribution in [3.05, 3.63) is 89.0 Å². The van der Waals surface area contributed by atoms with Crippen LogP contribution in [0, 0.1) is 6.92 Å². The van der Waals surface area contributed by atoms with E-state index >= 15 is 0 Å². The average Bonchev–Trinajstić information content (AvgIpc) is 2.91. The molecule has 0 atom stereocenters. The van der Waals surface area contributed by atoms with Gasteiger partial charge in [0.2, 0.25) is 5.91 Å². The van der Waals surface area contributed by atoms with Gasteiger partial charge >= 0.3 is 0 Å². The fourth-order valence-corrected chi connectivity index (χ4v) is 3.85. The van der Waals surface area contributed by atoms with Gasteiger partial charge in [0.1, 0.15) is 0 Å². The zero-order valence-electron chi connectivity index (χ0n) is 15.5. The zero-order chi connectivity index (χ0) is 18.8. The molecule has 0 spiro atoms. The number of amides is 1. The molecule has 0 unspecified atom stereocenters. The smallest absolute Gasteiger partial charge is 0.244 e. The second kappa shape index (κ2) is 7.24. The van der Waals surface area contributed by atoms with Crippen molar-refractivity contribution < 1.29 is 4.79 Å². The summed E-state index contributed by atoms with van der Waals surface area (Å²) in [5.41, 5.74) is 14.7. The molecule has 134 valence electrons. The van der Waals surface area contributed by atoms with Crippen LogP contribution in [0.1, 0.15) is 29.5 Å². The number of rotatable bonds is 3. The fourth-order valence-electron chi connectivity index (χ4n) is 3.85. The van der Waals surface area contributed by atoms with E-state index in [1.807, 2.05) is 12.1 Å².